The molecule has 1 aliphatic rings. The zero-order valence-corrected chi connectivity index (χ0v) is 9.10. The Balaban J connectivity index is 1.96. The normalized spacial score (nSPS) is 19.3. The van der Waals surface area contributed by atoms with Crippen LogP contribution in [0.4, 0.5) is 0 Å². The third-order valence-corrected chi connectivity index (χ3v) is 2.51. The molecule has 0 saturated carbocycles. The first-order valence-electron chi connectivity index (χ1n) is 5.45. The molecule has 0 amide bonds. The Kier molecular flexibility index (Phi) is 3.41. The Morgan fingerprint density at radius 1 is 1.50 bits per heavy atom. The molecular weight excluding hydrogens is 204 g/mol. The standard InChI is InChI=1S/C12H16N2O2/c13-5-4-12-14-10(8-16-12)6-9-2-1-3-11(15)7-9/h1-3,7,10,15H,4-6,8,13H2. The fourth-order valence-electron chi connectivity index (χ4n) is 1.79. The van der Waals surface area contributed by atoms with Crippen LogP contribution in [-0.4, -0.2) is 30.2 Å². The van der Waals surface area contributed by atoms with Crippen LogP contribution in [0, 0.1) is 0 Å². The fourth-order valence-corrected chi connectivity index (χ4v) is 1.79. The molecule has 0 bridgehead atoms. The molecule has 1 aromatic rings. The number of aromatic hydroxyl groups is 1. The molecule has 0 spiro atoms. The van der Waals surface area contributed by atoms with Gasteiger partial charge in [0, 0.05) is 13.0 Å². The van der Waals surface area contributed by atoms with E-state index in [4.69, 9.17) is 10.5 Å². The van der Waals surface area contributed by atoms with Crippen LogP contribution in [0.25, 0.3) is 0 Å². The predicted molar refractivity (Wildman–Crippen MR) is 62.7 cm³/mol. The van der Waals surface area contributed by atoms with Gasteiger partial charge in [0.2, 0.25) is 0 Å². The Labute approximate surface area is 94.8 Å². The Bertz CT molecular complexity index is 390. The molecule has 1 heterocycles. The summed E-state index contributed by atoms with van der Waals surface area (Å²) in [5.41, 5.74) is 6.51. The molecular formula is C12H16N2O2. The quantitative estimate of drug-likeness (QED) is 0.797. The second-order valence-corrected chi connectivity index (χ2v) is 3.90. The minimum atomic E-state index is 0.156. The minimum Gasteiger partial charge on any atom is -0.508 e. The van der Waals surface area contributed by atoms with Crippen LogP contribution < -0.4 is 5.73 Å². The highest BCUT2D eigenvalue weighted by Gasteiger charge is 2.18. The summed E-state index contributed by atoms with van der Waals surface area (Å²) in [5, 5.41) is 9.34. The second-order valence-electron chi connectivity index (χ2n) is 3.90. The summed E-state index contributed by atoms with van der Waals surface area (Å²) in [7, 11) is 0. The number of aliphatic imine (C=N–C) groups is 1. The van der Waals surface area contributed by atoms with Crippen molar-refractivity contribution in [2.75, 3.05) is 13.2 Å². The third-order valence-electron chi connectivity index (χ3n) is 2.51. The number of nitrogens with zero attached hydrogens (tertiary/aromatic N) is 1. The van der Waals surface area contributed by atoms with Gasteiger partial charge in [-0.3, -0.25) is 0 Å². The summed E-state index contributed by atoms with van der Waals surface area (Å²) in [6.07, 6.45) is 1.50. The average Bonchev–Trinajstić information content (AvgIpc) is 2.66. The SMILES string of the molecule is NCCC1=NC(Cc2cccc(O)c2)CO1. The van der Waals surface area contributed by atoms with Crippen molar-refractivity contribution < 1.29 is 9.84 Å². The molecule has 1 atom stereocenters. The fraction of sp³-hybridized carbons (Fsp3) is 0.417. The van der Waals surface area contributed by atoms with Crippen molar-refractivity contribution in [2.45, 2.75) is 18.9 Å². The molecule has 0 aliphatic carbocycles. The van der Waals surface area contributed by atoms with Gasteiger partial charge >= 0.3 is 0 Å². The van der Waals surface area contributed by atoms with Gasteiger partial charge in [-0.25, -0.2) is 4.99 Å². The average molecular weight is 220 g/mol. The van der Waals surface area contributed by atoms with Gasteiger partial charge in [0.05, 0.1) is 6.04 Å². The molecule has 0 radical (unpaired) electrons. The van der Waals surface area contributed by atoms with E-state index < -0.39 is 0 Å². The van der Waals surface area contributed by atoms with Crippen LogP contribution in [0.5, 0.6) is 5.75 Å². The lowest BCUT2D eigenvalue weighted by atomic mass is 10.1. The summed E-state index contributed by atoms with van der Waals surface area (Å²) < 4.78 is 5.42. The zero-order valence-electron chi connectivity index (χ0n) is 9.10. The first-order valence-corrected chi connectivity index (χ1v) is 5.45. The largest absolute Gasteiger partial charge is 0.508 e. The van der Waals surface area contributed by atoms with Gasteiger partial charge in [0.1, 0.15) is 12.4 Å². The highest BCUT2D eigenvalue weighted by molar-refractivity contribution is 5.77. The maximum atomic E-state index is 9.34. The van der Waals surface area contributed by atoms with Gasteiger partial charge in [0.25, 0.3) is 0 Å². The number of phenols is 1. The summed E-state index contributed by atoms with van der Waals surface area (Å²) >= 11 is 0. The minimum absolute atomic E-state index is 0.156. The molecule has 0 fully saturated rings. The topological polar surface area (TPSA) is 67.8 Å². The van der Waals surface area contributed by atoms with E-state index in [0.717, 1.165) is 17.9 Å². The Morgan fingerprint density at radius 2 is 2.38 bits per heavy atom. The molecule has 0 saturated heterocycles. The lowest BCUT2D eigenvalue weighted by molar-refractivity contribution is 0.309. The maximum Gasteiger partial charge on any atom is 0.184 e. The van der Waals surface area contributed by atoms with Crippen LogP contribution in [0.15, 0.2) is 29.3 Å². The van der Waals surface area contributed by atoms with E-state index in [1.54, 1.807) is 12.1 Å². The van der Waals surface area contributed by atoms with Crippen LogP contribution >= 0.6 is 0 Å². The van der Waals surface area contributed by atoms with Gasteiger partial charge in [-0.15, -0.1) is 0 Å². The van der Waals surface area contributed by atoms with E-state index in [1.165, 1.54) is 0 Å². The van der Waals surface area contributed by atoms with Crippen LogP contribution in [0.3, 0.4) is 0 Å². The summed E-state index contributed by atoms with van der Waals surface area (Å²) in [6, 6.07) is 7.40. The third kappa shape index (κ3) is 2.73. The van der Waals surface area contributed by atoms with Crippen LogP contribution in [0.1, 0.15) is 12.0 Å². The Morgan fingerprint density at radius 3 is 3.12 bits per heavy atom. The van der Waals surface area contributed by atoms with Crippen molar-refractivity contribution in [3.63, 3.8) is 0 Å². The van der Waals surface area contributed by atoms with Crippen LogP contribution in [-0.2, 0) is 11.2 Å². The van der Waals surface area contributed by atoms with E-state index in [1.807, 2.05) is 12.1 Å². The summed E-state index contributed by atoms with van der Waals surface area (Å²) in [4.78, 5) is 4.44. The van der Waals surface area contributed by atoms with Crippen molar-refractivity contribution in [3.8, 4) is 5.75 Å². The molecule has 4 heteroatoms. The highest BCUT2D eigenvalue weighted by atomic mass is 16.5. The van der Waals surface area contributed by atoms with Crippen molar-refractivity contribution in [1.29, 1.82) is 0 Å². The summed E-state index contributed by atoms with van der Waals surface area (Å²) in [5.74, 6) is 1.05. The number of benzene rings is 1. The van der Waals surface area contributed by atoms with E-state index in [9.17, 15) is 5.11 Å². The van der Waals surface area contributed by atoms with E-state index in [0.29, 0.717) is 25.3 Å². The van der Waals surface area contributed by atoms with E-state index >= 15 is 0 Å². The van der Waals surface area contributed by atoms with Crippen molar-refractivity contribution in [1.82, 2.24) is 0 Å². The monoisotopic (exact) mass is 220 g/mol. The molecule has 0 aromatic heterocycles. The molecule has 1 unspecified atom stereocenters. The van der Waals surface area contributed by atoms with Gasteiger partial charge in [-0.1, -0.05) is 12.1 Å². The predicted octanol–water partition coefficient (Wildman–Crippen LogP) is 1.08. The maximum absolute atomic E-state index is 9.34. The number of ether oxygens (including phenoxy) is 1. The lowest BCUT2D eigenvalue weighted by Crippen LogP contribution is -2.10. The molecule has 1 aliphatic heterocycles. The number of hydrogen-bond acceptors (Lipinski definition) is 4. The van der Waals surface area contributed by atoms with Crippen LogP contribution in [0.2, 0.25) is 0 Å². The number of phenolic OH excluding ortho intramolecular Hbond substituents is 1. The number of hydrogen-bond donors (Lipinski definition) is 2. The van der Waals surface area contributed by atoms with Gasteiger partial charge < -0.3 is 15.6 Å². The van der Waals surface area contributed by atoms with Crippen molar-refractivity contribution >= 4 is 5.90 Å². The number of nitrogens with two attached hydrogens (primary N) is 1. The molecule has 16 heavy (non-hydrogen) atoms. The molecule has 3 N–H and O–H groups in total. The van der Waals surface area contributed by atoms with Gasteiger partial charge in [-0.05, 0) is 24.1 Å². The van der Waals surface area contributed by atoms with Gasteiger partial charge in [0.15, 0.2) is 5.90 Å². The first kappa shape index (κ1) is 11.0. The second kappa shape index (κ2) is 4.99. The molecule has 2 rings (SSSR count). The highest BCUT2D eigenvalue weighted by Crippen LogP contribution is 2.16. The van der Waals surface area contributed by atoms with Crippen molar-refractivity contribution in [2.24, 2.45) is 10.7 Å². The Hall–Kier alpha value is -1.55. The zero-order chi connectivity index (χ0) is 11.4. The smallest absolute Gasteiger partial charge is 0.184 e. The van der Waals surface area contributed by atoms with Crippen molar-refractivity contribution in [3.05, 3.63) is 29.8 Å². The summed E-state index contributed by atoms with van der Waals surface area (Å²) in [6.45, 7) is 1.18. The molecule has 4 nitrogen and oxygen atoms in total. The molecule has 86 valence electrons. The lowest BCUT2D eigenvalue weighted by Gasteiger charge is -2.05. The van der Waals surface area contributed by atoms with Gasteiger partial charge in [-0.2, -0.15) is 0 Å². The van der Waals surface area contributed by atoms with E-state index in [2.05, 4.69) is 4.99 Å². The number of rotatable bonds is 4. The van der Waals surface area contributed by atoms with E-state index in [-0.39, 0.29) is 6.04 Å². The first-order chi connectivity index (χ1) is 7.78. The molecule has 1 aromatic carbocycles.